The van der Waals surface area contributed by atoms with Gasteiger partial charge in [0.1, 0.15) is 5.76 Å². The third kappa shape index (κ3) is 3.23. The second-order valence-corrected chi connectivity index (χ2v) is 4.19. The van der Waals surface area contributed by atoms with Crippen LogP contribution in [0, 0.1) is 11.3 Å². The van der Waals surface area contributed by atoms with Gasteiger partial charge in [-0.15, -0.1) is 0 Å². The first kappa shape index (κ1) is 12.9. The minimum atomic E-state index is 0.0149. The third-order valence-electron chi connectivity index (χ3n) is 2.92. The van der Waals surface area contributed by atoms with E-state index in [1.165, 1.54) is 0 Å². The smallest absolute Gasteiger partial charge is 0.227 e. The molecule has 0 aliphatic heterocycles. The number of benzene rings is 1. The number of hydrogen-bond donors (Lipinski definition) is 0. The lowest BCUT2D eigenvalue weighted by molar-refractivity contribution is -0.118. The fourth-order valence-electron chi connectivity index (χ4n) is 1.76. The average Bonchev–Trinajstić information content (AvgIpc) is 2.97. The number of nitrogens with zero attached hydrogens (tertiary/aromatic N) is 2. The largest absolute Gasteiger partial charge is 0.469 e. The van der Waals surface area contributed by atoms with Gasteiger partial charge in [0.2, 0.25) is 5.91 Å². The van der Waals surface area contributed by atoms with Crippen LogP contribution in [-0.2, 0) is 11.2 Å². The van der Waals surface area contributed by atoms with Gasteiger partial charge in [0.25, 0.3) is 0 Å². The topological polar surface area (TPSA) is 57.2 Å². The van der Waals surface area contributed by atoms with Crippen molar-refractivity contribution in [3.8, 4) is 6.07 Å². The Hall–Kier alpha value is -2.54. The van der Waals surface area contributed by atoms with Gasteiger partial charge in [0.15, 0.2) is 0 Å². The molecule has 0 spiro atoms. The Bertz CT molecular complexity index is 580. The number of hydrogen-bond acceptors (Lipinski definition) is 3. The minimum Gasteiger partial charge on any atom is -0.469 e. The van der Waals surface area contributed by atoms with Crippen LogP contribution in [0.25, 0.3) is 0 Å². The first-order valence-electron chi connectivity index (χ1n) is 6.00. The van der Waals surface area contributed by atoms with Crippen LogP contribution in [0.15, 0.2) is 47.1 Å². The Morgan fingerprint density at radius 1 is 1.32 bits per heavy atom. The first-order chi connectivity index (χ1) is 9.20. The van der Waals surface area contributed by atoms with E-state index in [0.29, 0.717) is 18.4 Å². The zero-order chi connectivity index (χ0) is 13.7. The van der Waals surface area contributed by atoms with E-state index in [9.17, 15) is 4.79 Å². The number of nitriles is 1. The van der Waals surface area contributed by atoms with Crippen LogP contribution in [0.3, 0.4) is 0 Å². The van der Waals surface area contributed by atoms with E-state index in [1.54, 1.807) is 42.5 Å². The summed E-state index contributed by atoms with van der Waals surface area (Å²) in [6, 6.07) is 12.7. The van der Waals surface area contributed by atoms with E-state index in [0.717, 1.165) is 11.4 Å². The highest BCUT2D eigenvalue weighted by molar-refractivity contribution is 5.92. The Labute approximate surface area is 111 Å². The summed E-state index contributed by atoms with van der Waals surface area (Å²) in [5, 5.41) is 8.73. The molecule has 0 N–H and O–H groups in total. The summed E-state index contributed by atoms with van der Waals surface area (Å²) in [6.07, 6.45) is 2.58. The molecule has 2 aromatic rings. The van der Waals surface area contributed by atoms with E-state index in [-0.39, 0.29) is 5.91 Å². The van der Waals surface area contributed by atoms with E-state index in [4.69, 9.17) is 9.68 Å². The van der Waals surface area contributed by atoms with Crippen molar-refractivity contribution >= 4 is 11.6 Å². The molecule has 0 unspecified atom stereocenters. The van der Waals surface area contributed by atoms with Crippen LogP contribution in [0.5, 0.6) is 0 Å². The molecule has 0 radical (unpaired) electrons. The van der Waals surface area contributed by atoms with E-state index < -0.39 is 0 Å². The molecular formula is C15H14N2O2. The Morgan fingerprint density at radius 2 is 2.05 bits per heavy atom. The highest BCUT2D eigenvalue weighted by Crippen LogP contribution is 2.15. The summed E-state index contributed by atoms with van der Waals surface area (Å²) in [7, 11) is 1.73. The van der Waals surface area contributed by atoms with Gasteiger partial charge in [0, 0.05) is 25.6 Å². The Balaban J connectivity index is 1.96. The molecule has 1 amide bonds. The van der Waals surface area contributed by atoms with Crippen LogP contribution < -0.4 is 4.90 Å². The van der Waals surface area contributed by atoms with Crippen LogP contribution in [0.1, 0.15) is 17.7 Å². The minimum absolute atomic E-state index is 0.0149. The van der Waals surface area contributed by atoms with Crippen molar-refractivity contribution in [1.82, 2.24) is 0 Å². The van der Waals surface area contributed by atoms with Gasteiger partial charge in [-0.1, -0.05) is 0 Å². The molecule has 0 saturated heterocycles. The third-order valence-corrected chi connectivity index (χ3v) is 2.92. The lowest BCUT2D eigenvalue weighted by Crippen LogP contribution is -2.26. The zero-order valence-corrected chi connectivity index (χ0v) is 10.7. The standard InChI is InChI=1S/C15H14N2O2/c1-17(13-6-4-12(11-16)5-7-13)15(18)9-8-14-3-2-10-19-14/h2-7,10H,8-9H2,1H3. The summed E-state index contributed by atoms with van der Waals surface area (Å²) in [5.74, 6) is 0.822. The van der Waals surface area contributed by atoms with Crippen molar-refractivity contribution in [2.24, 2.45) is 0 Å². The number of furan rings is 1. The summed E-state index contributed by atoms with van der Waals surface area (Å²) < 4.78 is 5.19. The number of amides is 1. The van der Waals surface area contributed by atoms with Crippen molar-refractivity contribution < 1.29 is 9.21 Å². The maximum absolute atomic E-state index is 12.0. The molecule has 0 fully saturated rings. The Morgan fingerprint density at radius 3 is 2.63 bits per heavy atom. The molecule has 1 aromatic carbocycles. The lowest BCUT2D eigenvalue weighted by atomic mass is 10.2. The van der Waals surface area contributed by atoms with Crippen molar-refractivity contribution in [3.05, 3.63) is 54.0 Å². The second-order valence-electron chi connectivity index (χ2n) is 4.19. The van der Waals surface area contributed by atoms with Crippen LogP contribution >= 0.6 is 0 Å². The quantitative estimate of drug-likeness (QED) is 0.843. The molecule has 1 aromatic heterocycles. The average molecular weight is 254 g/mol. The molecule has 4 nitrogen and oxygen atoms in total. The van der Waals surface area contributed by atoms with Crippen LogP contribution in [0.2, 0.25) is 0 Å². The molecular weight excluding hydrogens is 240 g/mol. The van der Waals surface area contributed by atoms with Gasteiger partial charge in [-0.25, -0.2) is 0 Å². The summed E-state index contributed by atoms with van der Waals surface area (Å²) in [4.78, 5) is 13.6. The fraction of sp³-hybridized carbons (Fsp3) is 0.200. The maximum atomic E-state index is 12.0. The molecule has 0 bridgehead atoms. The highest BCUT2D eigenvalue weighted by Gasteiger charge is 2.11. The predicted molar refractivity (Wildman–Crippen MR) is 71.6 cm³/mol. The molecule has 4 heteroatoms. The highest BCUT2D eigenvalue weighted by atomic mass is 16.3. The van der Waals surface area contributed by atoms with Crippen molar-refractivity contribution in [2.75, 3.05) is 11.9 Å². The summed E-state index contributed by atoms with van der Waals surface area (Å²) in [5.41, 5.74) is 1.36. The summed E-state index contributed by atoms with van der Waals surface area (Å²) in [6.45, 7) is 0. The van der Waals surface area contributed by atoms with Gasteiger partial charge in [-0.05, 0) is 36.4 Å². The SMILES string of the molecule is CN(C(=O)CCc1ccco1)c1ccc(C#N)cc1. The molecule has 0 aliphatic carbocycles. The normalized spacial score (nSPS) is 9.89. The maximum Gasteiger partial charge on any atom is 0.227 e. The number of carbonyl (C=O) groups is 1. The summed E-state index contributed by atoms with van der Waals surface area (Å²) >= 11 is 0. The van der Waals surface area contributed by atoms with Gasteiger partial charge < -0.3 is 9.32 Å². The van der Waals surface area contributed by atoms with Gasteiger partial charge in [0.05, 0.1) is 17.9 Å². The van der Waals surface area contributed by atoms with Gasteiger partial charge in [-0.3, -0.25) is 4.79 Å². The van der Waals surface area contributed by atoms with E-state index in [2.05, 4.69) is 6.07 Å². The fourth-order valence-corrected chi connectivity index (χ4v) is 1.76. The zero-order valence-electron chi connectivity index (χ0n) is 10.7. The van der Waals surface area contributed by atoms with Crippen molar-refractivity contribution in [2.45, 2.75) is 12.8 Å². The lowest BCUT2D eigenvalue weighted by Gasteiger charge is -2.17. The molecule has 0 aliphatic rings. The first-order valence-corrected chi connectivity index (χ1v) is 6.00. The second kappa shape index (κ2) is 5.87. The van der Waals surface area contributed by atoms with Crippen molar-refractivity contribution in [1.29, 1.82) is 5.26 Å². The number of aryl methyl sites for hydroxylation is 1. The number of rotatable bonds is 4. The number of anilines is 1. The molecule has 2 rings (SSSR count). The van der Waals surface area contributed by atoms with Gasteiger partial charge >= 0.3 is 0 Å². The Kier molecular flexibility index (Phi) is 3.99. The molecule has 96 valence electrons. The molecule has 19 heavy (non-hydrogen) atoms. The molecule has 0 atom stereocenters. The molecule has 0 saturated carbocycles. The van der Waals surface area contributed by atoms with Gasteiger partial charge in [-0.2, -0.15) is 5.26 Å². The van der Waals surface area contributed by atoms with Crippen LogP contribution in [-0.4, -0.2) is 13.0 Å². The molecule has 1 heterocycles. The monoisotopic (exact) mass is 254 g/mol. The van der Waals surface area contributed by atoms with E-state index >= 15 is 0 Å². The predicted octanol–water partition coefficient (Wildman–Crippen LogP) is 2.75. The van der Waals surface area contributed by atoms with Crippen LogP contribution in [0.4, 0.5) is 5.69 Å². The number of carbonyl (C=O) groups excluding carboxylic acids is 1. The van der Waals surface area contributed by atoms with Crippen molar-refractivity contribution in [3.63, 3.8) is 0 Å². The van der Waals surface area contributed by atoms with E-state index in [1.807, 2.05) is 12.1 Å².